The molecule has 0 atom stereocenters. The fourth-order valence-electron chi connectivity index (χ4n) is 2.86. The molecular formula is C22H15Cl4N3O3. The topological polar surface area (TPSA) is 69.3 Å². The highest BCUT2D eigenvalue weighted by Crippen LogP contribution is 2.28. The van der Waals surface area contributed by atoms with Gasteiger partial charge in [-0.3, -0.25) is 9.48 Å². The fraction of sp³-hybridized carbons (Fsp3) is 0.0909. The second-order valence-corrected chi connectivity index (χ2v) is 8.34. The molecule has 2 aromatic heterocycles. The van der Waals surface area contributed by atoms with Gasteiger partial charge >= 0.3 is 0 Å². The van der Waals surface area contributed by atoms with E-state index in [1.165, 1.54) is 0 Å². The van der Waals surface area contributed by atoms with E-state index in [9.17, 15) is 4.79 Å². The van der Waals surface area contributed by atoms with Gasteiger partial charge in [0.1, 0.15) is 18.1 Å². The van der Waals surface area contributed by atoms with Crippen LogP contribution in [0.5, 0.6) is 5.75 Å². The van der Waals surface area contributed by atoms with Gasteiger partial charge in [0.05, 0.1) is 11.6 Å². The normalized spacial score (nSPS) is 10.9. The van der Waals surface area contributed by atoms with E-state index in [0.29, 0.717) is 44.0 Å². The number of carbonyl (C=O) groups excluding carboxylic acids is 1. The molecule has 0 spiro atoms. The van der Waals surface area contributed by atoms with E-state index in [0.717, 1.165) is 5.56 Å². The molecule has 0 aliphatic carbocycles. The molecule has 0 unspecified atom stereocenters. The number of furan rings is 1. The van der Waals surface area contributed by atoms with E-state index >= 15 is 0 Å². The zero-order valence-electron chi connectivity index (χ0n) is 16.3. The third kappa shape index (κ3) is 5.40. The number of anilines is 1. The van der Waals surface area contributed by atoms with Gasteiger partial charge in [0.15, 0.2) is 11.6 Å². The van der Waals surface area contributed by atoms with Crippen LogP contribution in [0.3, 0.4) is 0 Å². The first-order chi connectivity index (χ1) is 15.4. The summed E-state index contributed by atoms with van der Waals surface area (Å²) in [6.45, 7) is 0.464. The molecule has 0 bridgehead atoms. The largest absolute Gasteiger partial charge is 0.484 e. The second kappa shape index (κ2) is 9.88. The summed E-state index contributed by atoms with van der Waals surface area (Å²) in [4.78, 5) is 12.5. The van der Waals surface area contributed by atoms with Gasteiger partial charge in [-0.2, -0.15) is 5.10 Å². The highest BCUT2D eigenvalue weighted by molar-refractivity contribution is 6.36. The molecule has 2 heterocycles. The van der Waals surface area contributed by atoms with Crippen molar-refractivity contribution in [3.05, 3.63) is 98.0 Å². The van der Waals surface area contributed by atoms with Crippen LogP contribution in [0.15, 0.2) is 65.2 Å². The minimum Gasteiger partial charge on any atom is -0.484 e. The SMILES string of the molecule is O=C(Nc1ccn(Cc2c(Cl)cccc2Cl)n1)c1ccc(COc2ccc(Cl)cc2Cl)o1. The Kier molecular flexibility index (Phi) is 6.96. The van der Waals surface area contributed by atoms with Crippen molar-refractivity contribution >= 4 is 58.1 Å². The Labute approximate surface area is 203 Å². The molecule has 0 aliphatic rings. The minimum absolute atomic E-state index is 0.0991. The summed E-state index contributed by atoms with van der Waals surface area (Å²) in [5, 5.41) is 9.00. The van der Waals surface area contributed by atoms with Crippen LogP contribution in [0.25, 0.3) is 0 Å². The zero-order valence-corrected chi connectivity index (χ0v) is 19.3. The number of nitrogens with zero attached hydrogens (tertiary/aromatic N) is 2. The Morgan fingerprint density at radius 2 is 1.78 bits per heavy atom. The van der Waals surface area contributed by atoms with Gasteiger partial charge in [0.25, 0.3) is 5.91 Å². The maximum Gasteiger partial charge on any atom is 0.292 e. The molecule has 32 heavy (non-hydrogen) atoms. The number of carbonyl (C=O) groups is 1. The molecule has 164 valence electrons. The number of benzene rings is 2. The number of aromatic nitrogens is 2. The molecule has 0 aliphatic heterocycles. The smallest absolute Gasteiger partial charge is 0.292 e. The highest BCUT2D eigenvalue weighted by Gasteiger charge is 2.14. The van der Waals surface area contributed by atoms with E-state index in [-0.39, 0.29) is 12.4 Å². The number of amides is 1. The van der Waals surface area contributed by atoms with Crippen molar-refractivity contribution in [2.24, 2.45) is 0 Å². The summed E-state index contributed by atoms with van der Waals surface area (Å²) in [6, 6.07) is 15.1. The van der Waals surface area contributed by atoms with Crippen LogP contribution in [-0.4, -0.2) is 15.7 Å². The first-order valence-electron chi connectivity index (χ1n) is 9.33. The Morgan fingerprint density at radius 1 is 1.00 bits per heavy atom. The fourth-order valence-corrected chi connectivity index (χ4v) is 3.84. The zero-order chi connectivity index (χ0) is 22.7. The minimum atomic E-state index is -0.443. The van der Waals surface area contributed by atoms with Gasteiger partial charge < -0.3 is 14.5 Å². The summed E-state index contributed by atoms with van der Waals surface area (Å²) in [7, 11) is 0. The first-order valence-corrected chi connectivity index (χ1v) is 10.8. The van der Waals surface area contributed by atoms with E-state index in [1.807, 2.05) is 0 Å². The van der Waals surface area contributed by atoms with Gasteiger partial charge in [0.2, 0.25) is 0 Å². The van der Waals surface area contributed by atoms with Crippen LogP contribution >= 0.6 is 46.4 Å². The molecule has 10 heteroatoms. The van der Waals surface area contributed by atoms with Crippen LogP contribution < -0.4 is 10.1 Å². The monoisotopic (exact) mass is 509 g/mol. The quantitative estimate of drug-likeness (QED) is 0.291. The van der Waals surface area contributed by atoms with Crippen molar-refractivity contribution < 1.29 is 13.9 Å². The Bertz CT molecular complexity index is 1250. The van der Waals surface area contributed by atoms with Gasteiger partial charge in [-0.25, -0.2) is 0 Å². The molecule has 1 amide bonds. The molecule has 0 radical (unpaired) electrons. The summed E-state index contributed by atoms with van der Waals surface area (Å²) < 4.78 is 12.8. The van der Waals surface area contributed by atoms with Crippen LogP contribution in [-0.2, 0) is 13.2 Å². The second-order valence-electron chi connectivity index (χ2n) is 6.68. The number of rotatable bonds is 7. The molecule has 0 fully saturated rings. The summed E-state index contributed by atoms with van der Waals surface area (Å²) in [5.74, 6) is 0.958. The van der Waals surface area contributed by atoms with Crippen LogP contribution in [0.2, 0.25) is 20.1 Å². The molecule has 0 saturated carbocycles. The summed E-state index contributed by atoms with van der Waals surface area (Å²) in [5.41, 5.74) is 0.744. The number of nitrogens with one attached hydrogen (secondary N) is 1. The van der Waals surface area contributed by atoms with Crippen LogP contribution in [0.4, 0.5) is 5.82 Å². The third-order valence-corrected chi connectivity index (χ3v) is 5.65. The van der Waals surface area contributed by atoms with Crippen molar-refractivity contribution in [2.45, 2.75) is 13.2 Å². The molecule has 4 aromatic rings. The van der Waals surface area contributed by atoms with E-state index < -0.39 is 5.91 Å². The van der Waals surface area contributed by atoms with Crippen molar-refractivity contribution in [3.63, 3.8) is 0 Å². The first kappa shape index (κ1) is 22.6. The average molecular weight is 511 g/mol. The molecule has 4 rings (SSSR count). The molecule has 2 aromatic carbocycles. The molecule has 6 nitrogen and oxygen atoms in total. The van der Waals surface area contributed by atoms with E-state index in [4.69, 9.17) is 55.6 Å². The number of hydrogen-bond donors (Lipinski definition) is 1. The third-order valence-electron chi connectivity index (χ3n) is 4.41. The lowest BCUT2D eigenvalue weighted by molar-refractivity contribution is 0.0992. The standard InChI is InChI=1S/C22H15Cl4N3O3/c23-13-4-6-19(18(26)10-13)31-12-14-5-7-20(32-14)22(30)27-21-8-9-29(28-21)11-15-16(24)2-1-3-17(15)25/h1-10H,11-12H2,(H,27,28,30). The predicted molar refractivity (Wildman–Crippen MR) is 125 cm³/mol. The van der Waals surface area contributed by atoms with Gasteiger partial charge in [-0.15, -0.1) is 0 Å². The Balaban J connectivity index is 1.36. The average Bonchev–Trinajstić information content (AvgIpc) is 3.40. The molecule has 1 N–H and O–H groups in total. The van der Waals surface area contributed by atoms with E-state index in [2.05, 4.69) is 10.4 Å². The maximum atomic E-state index is 12.5. The van der Waals surface area contributed by atoms with Crippen molar-refractivity contribution in [3.8, 4) is 5.75 Å². The van der Waals surface area contributed by atoms with Crippen LogP contribution in [0, 0.1) is 0 Å². The van der Waals surface area contributed by atoms with Crippen LogP contribution in [0.1, 0.15) is 21.9 Å². The van der Waals surface area contributed by atoms with Crippen molar-refractivity contribution in [1.82, 2.24) is 9.78 Å². The predicted octanol–water partition coefficient (Wildman–Crippen LogP) is 6.97. The Hall–Kier alpha value is -2.64. The Morgan fingerprint density at radius 3 is 2.53 bits per heavy atom. The molecule has 0 saturated heterocycles. The van der Waals surface area contributed by atoms with E-state index in [1.54, 1.807) is 65.5 Å². The number of hydrogen-bond acceptors (Lipinski definition) is 4. The number of halogens is 4. The lowest BCUT2D eigenvalue weighted by Gasteiger charge is -2.07. The maximum absolute atomic E-state index is 12.5. The van der Waals surface area contributed by atoms with Gasteiger partial charge in [0, 0.05) is 32.9 Å². The van der Waals surface area contributed by atoms with Gasteiger partial charge in [-0.1, -0.05) is 52.5 Å². The van der Waals surface area contributed by atoms with Crippen molar-refractivity contribution in [1.29, 1.82) is 0 Å². The molecular weight excluding hydrogens is 496 g/mol. The van der Waals surface area contributed by atoms with Gasteiger partial charge in [-0.05, 0) is 42.5 Å². The highest BCUT2D eigenvalue weighted by atomic mass is 35.5. The lowest BCUT2D eigenvalue weighted by atomic mass is 10.2. The lowest BCUT2D eigenvalue weighted by Crippen LogP contribution is -2.12. The summed E-state index contributed by atoms with van der Waals surface area (Å²) >= 11 is 24.4. The van der Waals surface area contributed by atoms with Crippen molar-refractivity contribution in [2.75, 3.05) is 5.32 Å². The summed E-state index contributed by atoms with van der Waals surface area (Å²) in [6.07, 6.45) is 1.71. The number of ether oxygens (including phenoxy) is 1.